The van der Waals surface area contributed by atoms with E-state index in [-0.39, 0.29) is 5.76 Å². The molecule has 0 bridgehead atoms. The van der Waals surface area contributed by atoms with Gasteiger partial charge in [0.2, 0.25) is 0 Å². The van der Waals surface area contributed by atoms with Gasteiger partial charge in [-0.2, -0.15) is 0 Å². The molecule has 0 saturated carbocycles. The summed E-state index contributed by atoms with van der Waals surface area (Å²) in [7, 11) is 2.53. The maximum atomic E-state index is 11.2. The van der Waals surface area contributed by atoms with Crippen molar-refractivity contribution in [3.63, 3.8) is 0 Å². The van der Waals surface area contributed by atoms with Crippen molar-refractivity contribution in [1.82, 2.24) is 0 Å². The summed E-state index contributed by atoms with van der Waals surface area (Å²) >= 11 is 0. The third kappa shape index (κ3) is 3.07. The van der Waals surface area contributed by atoms with E-state index in [0.717, 1.165) is 13.2 Å². The fourth-order valence-corrected chi connectivity index (χ4v) is 1.22. The second kappa shape index (κ2) is 5.69. The number of esters is 1. The Morgan fingerprint density at radius 3 is 2.47 bits per heavy atom. The zero-order valence-corrected chi connectivity index (χ0v) is 9.47. The molecule has 0 fully saturated rings. The topological polar surface area (TPSA) is 72.8 Å². The summed E-state index contributed by atoms with van der Waals surface area (Å²) in [5, 5.41) is 9.70. The fourth-order valence-electron chi connectivity index (χ4n) is 1.22. The lowest BCUT2D eigenvalue weighted by Crippen LogP contribution is -2.13. The molecule has 0 atom stereocenters. The summed E-state index contributed by atoms with van der Waals surface area (Å²) in [5.74, 6) is -1.92. The molecule has 0 aliphatic rings. The van der Waals surface area contributed by atoms with E-state index in [1.54, 1.807) is 24.3 Å². The average Bonchev–Trinajstić information content (AvgIpc) is 2.37. The number of rotatable bonds is 4. The number of hydrogen-bond donors (Lipinski definition) is 1. The van der Waals surface area contributed by atoms with Gasteiger partial charge in [0, 0.05) is 6.08 Å². The second-order valence-corrected chi connectivity index (χ2v) is 3.09. The molecule has 1 aromatic rings. The van der Waals surface area contributed by atoms with Gasteiger partial charge >= 0.3 is 5.97 Å². The van der Waals surface area contributed by atoms with Gasteiger partial charge in [-0.25, -0.2) is 4.79 Å². The van der Waals surface area contributed by atoms with Crippen molar-refractivity contribution in [1.29, 1.82) is 0 Å². The van der Waals surface area contributed by atoms with Crippen LogP contribution in [-0.2, 0) is 14.3 Å². The highest BCUT2D eigenvalue weighted by atomic mass is 16.5. The van der Waals surface area contributed by atoms with Gasteiger partial charge in [-0.1, -0.05) is 12.1 Å². The van der Waals surface area contributed by atoms with Crippen LogP contribution in [0.15, 0.2) is 30.3 Å². The Bertz CT molecular complexity index is 462. The van der Waals surface area contributed by atoms with Gasteiger partial charge in [0.05, 0.1) is 19.8 Å². The smallest absolute Gasteiger partial charge is 0.378 e. The maximum Gasteiger partial charge on any atom is 0.378 e. The van der Waals surface area contributed by atoms with Crippen LogP contribution in [0.25, 0.3) is 5.76 Å². The number of hydrogen-bond acceptors (Lipinski definition) is 5. The molecule has 5 heteroatoms. The molecular weight excluding hydrogens is 224 g/mol. The molecule has 0 aliphatic heterocycles. The first-order valence-corrected chi connectivity index (χ1v) is 4.76. The van der Waals surface area contributed by atoms with Crippen molar-refractivity contribution < 1.29 is 24.2 Å². The molecule has 0 heterocycles. The van der Waals surface area contributed by atoms with Crippen molar-refractivity contribution >= 4 is 17.5 Å². The first kappa shape index (κ1) is 12.8. The van der Waals surface area contributed by atoms with E-state index in [1.165, 1.54) is 7.11 Å². The van der Waals surface area contributed by atoms with Gasteiger partial charge in [0.25, 0.3) is 5.78 Å². The standard InChI is InChI=1S/C12H12O5/c1-16-11-6-4-3-5-8(11)9(13)7-10(14)12(15)17-2/h3-7,13H,1-2H3. The molecule has 0 spiro atoms. The van der Waals surface area contributed by atoms with Gasteiger partial charge in [-0.05, 0) is 12.1 Å². The highest BCUT2D eigenvalue weighted by Gasteiger charge is 2.14. The number of carbonyl (C=O) groups excluding carboxylic acids is 2. The normalized spacial score (nSPS) is 10.8. The highest BCUT2D eigenvalue weighted by Crippen LogP contribution is 2.23. The van der Waals surface area contributed by atoms with Crippen LogP contribution < -0.4 is 4.74 Å². The molecule has 17 heavy (non-hydrogen) atoms. The predicted octanol–water partition coefficient (Wildman–Crippen LogP) is 1.34. The lowest BCUT2D eigenvalue weighted by Gasteiger charge is -2.06. The molecular formula is C12H12O5. The molecule has 0 aliphatic carbocycles. The van der Waals surface area contributed by atoms with Crippen LogP contribution in [0.2, 0.25) is 0 Å². The number of carbonyl (C=O) groups is 2. The predicted molar refractivity (Wildman–Crippen MR) is 60.6 cm³/mol. The Balaban J connectivity index is 3.03. The summed E-state index contributed by atoms with van der Waals surface area (Å²) in [4.78, 5) is 22.1. The van der Waals surface area contributed by atoms with Crippen LogP contribution in [0.3, 0.4) is 0 Å². The number of aliphatic hydroxyl groups is 1. The second-order valence-electron chi connectivity index (χ2n) is 3.09. The summed E-state index contributed by atoms with van der Waals surface area (Å²) in [6.45, 7) is 0. The van der Waals surface area contributed by atoms with E-state index >= 15 is 0 Å². The molecule has 0 radical (unpaired) electrons. The quantitative estimate of drug-likeness (QED) is 0.369. The van der Waals surface area contributed by atoms with Gasteiger partial charge in [-0.3, -0.25) is 4.79 Å². The number of methoxy groups -OCH3 is 2. The lowest BCUT2D eigenvalue weighted by atomic mass is 10.1. The molecule has 1 rings (SSSR count). The number of aliphatic hydroxyl groups excluding tert-OH is 1. The zero-order valence-electron chi connectivity index (χ0n) is 9.47. The number of para-hydroxylation sites is 1. The largest absolute Gasteiger partial charge is 0.507 e. The SMILES string of the molecule is COC(=O)C(=O)C=C(O)c1ccccc1OC. The zero-order chi connectivity index (χ0) is 12.8. The minimum absolute atomic E-state index is 0.326. The van der Waals surface area contributed by atoms with Gasteiger partial charge in [0.15, 0.2) is 0 Å². The Morgan fingerprint density at radius 2 is 1.88 bits per heavy atom. The van der Waals surface area contributed by atoms with Gasteiger partial charge < -0.3 is 14.6 Å². The van der Waals surface area contributed by atoms with Crippen molar-refractivity contribution in [2.75, 3.05) is 14.2 Å². The van der Waals surface area contributed by atoms with E-state index < -0.39 is 11.8 Å². The van der Waals surface area contributed by atoms with Crippen LogP contribution in [0.4, 0.5) is 0 Å². The Morgan fingerprint density at radius 1 is 1.24 bits per heavy atom. The molecule has 90 valence electrons. The highest BCUT2D eigenvalue weighted by molar-refractivity contribution is 6.39. The lowest BCUT2D eigenvalue weighted by molar-refractivity contribution is -0.149. The summed E-state index contributed by atoms with van der Waals surface area (Å²) < 4.78 is 9.24. The van der Waals surface area contributed by atoms with E-state index in [4.69, 9.17) is 4.74 Å². The van der Waals surface area contributed by atoms with E-state index in [9.17, 15) is 14.7 Å². The first-order valence-electron chi connectivity index (χ1n) is 4.76. The summed E-state index contributed by atoms with van der Waals surface area (Å²) in [5.41, 5.74) is 0.326. The minimum Gasteiger partial charge on any atom is -0.507 e. The Labute approximate surface area is 98.3 Å². The van der Waals surface area contributed by atoms with Gasteiger partial charge in [-0.15, -0.1) is 0 Å². The first-order chi connectivity index (χ1) is 8.10. The number of benzene rings is 1. The molecule has 5 nitrogen and oxygen atoms in total. The van der Waals surface area contributed by atoms with E-state index in [0.29, 0.717) is 11.3 Å². The minimum atomic E-state index is -1.04. The van der Waals surface area contributed by atoms with Crippen LogP contribution in [0, 0.1) is 0 Å². The van der Waals surface area contributed by atoms with Crippen molar-refractivity contribution in [2.45, 2.75) is 0 Å². The third-order valence-electron chi connectivity index (χ3n) is 2.04. The third-order valence-corrected chi connectivity index (χ3v) is 2.04. The summed E-state index contributed by atoms with van der Waals surface area (Å²) in [6, 6.07) is 6.58. The maximum absolute atomic E-state index is 11.2. The molecule has 0 amide bonds. The van der Waals surface area contributed by atoms with Crippen LogP contribution in [0.5, 0.6) is 5.75 Å². The van der Waals surface area contributed by atoms with Crippen LogP contribution >= 0.6 is 0 Å². The van der Waals surface area contributed by atoms with E-state index in [1.807, 2.05) is 0 Å². The number of ketones is 1. The van der Waals surface area contributed by atoms with Crippen LogP contribution in [0.1, 0.15) is 5.56 Å². The molecule has 0 saturated heterocycles. The summed E-state index contributed by atoms with van der Waals surface area (Å²) in [6.07, 6.45) is 0.795. The van der Waals surface area contributed by atoms with E-state index in [2.05, 4.69) is 4.74 Å². The van der Waals surface area contributed by atoms with Crippen molar-refractivity contribution in [3.05, 3.63) is 35.9 Å². The Kier molecular flexibility index (Phi) is 4.28. The van der Waals surface area contributed by atoms with Crippen molar-refractivity contribution in [3.8, 4) is 5.75 Å². The monoisotopic (exact) mass is 236 g/mol. The molecule has 1 N–H and O–H groups in total. The molecule has 0 aromatic heterocycles. The number of ether oxygens (including phenoxy) is 2. The molecule has 1 aromatic carbocycles. The van der Waals surface area contributed by atoms with Gasteiger partial charge in [0.1, 0.15) is 11.5 Å². The average molecular weight is 236 g/mol. The Hall–Kier alpha value is -2.30. The van der Waals surface area contributed by atoms with Crippen LogP contribution in [-0.4, -0.2) is 31.1 Å². The van der Waals surface area contributed by atoms with Crippen molar-refractivity contribution in [2.24, 2.45) is 0 Å². The fraction of sp³-hybridized carbons (Fsp3) is 0.167. The molecule has 0 unspecified atom stereocenters.